The first-order valence-electron chi connectivity index (χ1n) is 9.55. The molecule has 0 radical (unpaired) electrons. The first-order valence-corrected chi connectivity index (χ1v) is 12.7. The van der Waals surface area contributed by atoms with Gasteiger partial charge in [0.2, 0.25) is 5.91 Å². The Labute approximate surface area is 185 Å². The molecule has 0 unspecified atom stereocenters. The number of carbonyl (C=O) groups excluding carboxylic acids is 1. The third-order valence-corrected chi connectivity index (χ3v) is 8.37. The third kappa shape index (κ3) is 4.36. The number of sulfone groups is 1. The van der Waals surface area contributed by atoms with E-state index in [1.54, 1.807) is 12.1 Å². The van der Waals surface area contributed by atoms with Gasteiger partial charge in [-0.05, 0) is 43.7 Å². The molecule has 0 aliphatic carbocycles. The van der Waals surface area contributed by atoms with E-state index in [2.05, 4.69) is 10.3 Å². The Morgan fingerprint density at radius 1 is 1.20 bits per heavy atom. The molecule has 0 spiro atoms. The number of amidine groups is 1. The topological polar surface area (TPSA) is 78.8 Å². The van der Waals surface area contributed by atoms with Crippen molar-refractivity contribution in [3.63, 3.8) is 0 Å². The molecule has 2 atom stereocenters. The van der Waals surface area contributed by atoms with Crippen LogP contribution in [0, 0.1) is 13.8 Å². The number of thioether (sulfide) groups is 1. The summed E-state index contributed by atoms with van der Waals surface area (Å²) in [5.74, 6) is 0.131. The summed E-state index contributed by atoms with van der Waals surface area (Å²) in [5.41, 5.74) is 3.51. The maximum absolute atomic E-state index is 12.5. The van der Waals surface area contributed by atoms with Crippen molar-refractivity contribution < 1.29 is 13.2 Å². The first kappa shape index (κ1) is 21.2. The van der Waals surface area contributed by atoms with Crippen LogP contribution in [0.2, 0.25) is 5.02 Å². The number of hydrogen-bond donors (Lipinski definition) is 1. The molecule has 6 nitrogen and oxygen atoms in total. The number of nitrogens with one attached hydrogen (secondary N) is 1. The molecular weight excluding hydrogens is 442 g/mol. The lowest BCUT2D eigenvalue weighted by Gasteiger charge is -2.26. The summed E-state index contributed by atoms with van der Waals surface area (Å²) in [5, 5.41) is 4.17. The molecule has 0 bridgehead atoms. The minimum Gasteiger partial charge on any atom is -0.325 e. The van der Waals surface area contributed by atoms with Gasteiger partial charge in [-0.3, -0.25) is 9.79 Å². The number of aliphatic imine (C=N–C) groups is 1. The summed E-state index contributed by atoms with van der Waals surface area (Å²) >= 11 is 7.44. The van der Waals surface area contributed by atoms with E-state index in [0.717, 1.165) is 16.8 Å². The van der Waals surface area contributed by atoms with Crippen LogP contribution in [0.5, 0.6) is 0 Å². The second-order valence-electron chi connectivity index (χ2n) is 7.58. The Bertz CT molecular complexity index is 1120. The Hall–Kier alpha value is -2.03. The Balaban J connectivity index is 1.51. The van der Waals surface area contributed by atoms with Crippen LogP contribution in [0.15, 0.2) is 47.5 Å². The van der Waals surface area contributed by atoms with Crippen molar-refractivity contribution in [1.82, 2.24) is 0 Å². The summed E-state index contributed by atoms with van der Waals surface area (Å²) in [7, 11) is -3.11. The monoisotopic (exact) mass is 463 g/mol. The lowest BCUT2D eigenvalue weighted by molar-refractivity contribution is -0.113. The zero-order chi connectivity index (χ0) is 21.5. The summed E-state index contributed by atoms with van der Waals surface area (Å²) in [6, 6.07) is 12.8. The average Bonchev–Trinajstić information content (AvgIpc) is 3.16. The Morgan fingerprint density at radius 3 is 2.67 bits per heavy atom. The van der Waals surface area contributed by atoms with Gasteiger partial charge in [0.05, 0.1) is 29.3 Å². The number of nitrogens with zero attached hydrogens (tertiary/aromatic N) is 2. The fourth-order valence-corrected chi connectivity index (χ4v) is 6.64. The van der Waals surface area contributed by atoms with Crippen LogP contribution in [-0.4, -0.2) is 48.8 Å². The molecule has 30 heavy (non-hydrogen) atoms. The highest BCUT2D eigenvalue weighted by Gasteiger charge is 2.47. The second-order valence-corrected chi connectivity index (χ2v) is 11.1. The minimum absolute atomic E-state index is 0.0536. The number of carbonyl (C=O) groups is 1. The van der Waals surface area contributed by atoms with Gasteiger partial charge in [0.15, 0.2) is 15.0 Å². The highest BCUT2D eigenvalue weighted by Crippen LogP contribution is 2.35. The van der Waals surface area contributed by atoms with Crippen molar-refractivity contribution >= 4 is 55.6 Å². The van der Waals surface area contributed by atoms with E-state index >= 15 is 0 Å². The summed E-state index contributed by atoms with van der Waals surface area (Å²) in [6.45, 7) is 3.86. The molecule has 2 aliphatic rings. The van der Waals surface area contributed by atoms with Crippen LogP contribution in [-0.2, 0) is 14.6 Å². The number of fused-ring (bicyclic) bond motifs is 1. The standard InChI is InChI=1S/C21H22ClN3O3S2/c1-13-6-8-15(9-7-13)25-19-12-30(27,28)11-18(19)24-21(25)29-10-20(26)23-17-5-3-4-16(22)14(17)2/h3-9,18-19H,10-12H2,1-2H3,(H,23,26)/t18-,19+/m1/s1. The zero-order valence-corrected chi connectivity index (χ0v) is 19.0. The number of aryl methyl sites for hydroxylation is 1. The van der Waals surface area contributed by atoms with Crippen molar-refractivity contribution in [2.24, 2.45) is 4.99 Å². The van der Waals surface area contributed by atoms with E-state index in [-0.39, 0.29) is 35.2 Å². The van der Waals surface area contributed by atoms with E-state index in [0.29, 0.717) is 15.9 Å². The number of amides is 1. The van der Waals surface area contributed by atoms with Gasteiger partial charge < -0.3 is 10.2 Å². The number of anilines is 2. The number of hydrogen-bond acceptors (Lipinski definition) is 6. The smallest absolute Gasteiger partial charge is 0.234 e. The minimum atomic E-state index is -3.11. The van der Waals surface area contributed by atoms with E-state index < -0.39 is 9.84 Å². The van der Waals surface area contributed by atoms with Gasteiger partial charge in [0, 0.05) is 16.4 Å². The molecule has 4 rings (SSSR count). The molecule has 2 heterocycles. The molecule has 1 fully saturated rings. The maximum Gasteiger partial charge on any atom is 0.234 e. The molecule has 1 amide bonds. The largest absolute Gasteiger partial charge is 0.325 e. The molecule has 9 heteroatoms. The van der Waals surface area contributed by atoms with Crippen LogP contribution in [0.3, 0.4) is 0 Å². The molecule has 2 aromatic rings. The van der Waals surface area contributed by atoms with E-state index in [1.807, 2.05) is 49.1 Å². The lowest BCUT2D eigenvalue weighted by atomic mass is 10.1. The molecule has 2 aromatic carbocycles. The van der Waals surface area contributed by atoms with Crippen molar-refractivity contribution in [3.8, 4) is 0 Å². The predicted molar refractivity (Wildman–Crippen MR) is 125 cm³/mol. The van der Waals surface area contributed by atoms with Gasteiger partial charge in [0.1, 0.15) is 0 Å². The zero-order valence-electron chi connectivity index (χ0n) is 16.6. The van der Waals surface area contributed by atoms with Crippen LogP contribution in [0.25, 0.3) is 0 Å². The third-order valence-electron chi connectivity index (χ3n) is 5.29. The van der Waals surface area contributed by atoms with Crippen LogP contribution < -0.4 is 10.2 Å². The van der Waals surface area contributed by atoms with Gasteiger partial charge in [0.25, 0.3) is 0 Å². The molecule has 0 saturated carbocycles. The molecule has 158 valence electrons. The number of halogens is 1. The predicted octanol–water partition coefficient (Wildman–Crippen LogP) is 3.67. The molecule has 1 N–H and O–H groups in total. The molecule has 0 aromatic heterocycles. The normalized spacial score (nSPS) is 22.0. The summed E-state index contributed by atoms with van der Waals surface area (Å²) in [4.78, 5) is 19.2. The molecule has 2 aliphatic heterocycles. The van der Waals surface area contributed by atoms with Crippen molar-refractivity contribution in [1.29, 1.82) is 0 Å². The highest BCUT2D eigenvalue weighted by molar-refractivity contribution is 8.14. The molecular formula is C21H22ClN3O3S2. The summed E-state index contributed by atoms with van der Waals surface area (Å²) < 4.78 is 24.3. The van der Waals surface area contributed by atoms with E-state index in [1.165, 1.54) is 11.8 Å². The Morgan fingerprint density at radius 2 is 1.93 bits per heavy atom. The van der Waals surface area contributed by atoms with Crippen molar-refractivity contribution in [3.05, 3.63) is 58.6 Å². The summed E-state index contributed by atoms with van der Waals surface area (Å²) in [6.07, 6.45) is 0. The van der Waals surface area contributed by atoms with Gasteiger partial charge >= 0.3 is 0 Å². The number of rotatable bonds is 4. The highest BCUT2D eigenvalue weighted by atomic mass is 35.5. The SMILES string of the molecule is Cc1ccc(N2C(SCC(=O)Nc3cccc(Cl)c3C)=N[C@@H]3CS(=O)(=O)C[C@@H]32)cc1. The van der Waals surface area contributed by atoms with Crippen LogP contribution in [0.1, 0.15) is 11.1 Å². The van der Waals surface area contributed by atoms with E-state index in [4.69, 9.17) is 11.6 Å². The fourth-order valence-electron chi connectivity index (χ4n) is 3.70. The van der Waals surface area contributed by atoms with Gasteiger partial charge in [-0.2, -0.15) is 0 Å². The van der Waals surface area contributed by atoms with Gasteiger partial charge in [-0.15, -0.1) is 0 Å². The van der Waals surface area contributed by atoms with Crippen molar-refractivity contribution in [2.75, 3.05) is 27.5 Å². The van der Waals surface area contributed by atoms with Crippen LogP contribution >= 0.6 is 23.4 Å². The lowest BCUT2D eigenvalue weighted by Crippen LogP contribution is -2.39. The fraction of sp³-hybridized carbons (Fsp3) is 0.333. The maximum atomic E-state index is 12.5. The van der Waals surface area contributed by atoms with Gasteiger partial charge in [-0.1, -0.05) is 47.1 Å². The average molecular weight is 464 g/mol. The van der Waals surface area contributed by atoms with Gasteiger partial charge in [-0.25, -0.2) is 8.42 Å². The quantitative estimate of drug-likeness (QED) is 0.748. The van der Waals surface area contributed by atoms with Crippen molar-refractivity contribution in [2.45, 2.75) is 25.9 Å². The number of benzene rings is 2. The molecule has 1 saturated heterocycles. The van der Waals surface area contributed by atoms with E-state index in [9.17, 15) is 13.2 Å². The second kappa shape index (κ2) is 8.24. The van der Waals surface area contributed by atoms with Crippen LogP contribution in [0.4, 0.5) is 11.4 Å². The Kier molecular flexibility index (Phi) is 5.83. The first-order chi connectivity index (χ1) is 14.2.